The average Bonchev–Trinajstić information content (AvgIpc) is 2.69. The molecule has 0 aliphatic carbocycles. The largest absolute Gasteiger partial charge is 0.356 e. The van der Waals surface area contributed by atoms with Gasteiger partial charge in [-0.3, -0.25) is 4.99 Å². The number of nitrogens with one attached hydrogen (secondary N) is 2. The summed E-state index contributed by atoms with van der Waals surface area (Å²) in [5.74, 6) is 1.54. The van der Waals surface area contributed by atoms with Gasteiger partial charge in [0.2, 0.25) is 10.0 Å². The third-order valence-corrected chi connectivity index (χ3v) is 7.14. The summed E-state index contributed by atoms with van der Waals surface area (Å²) < 4.78 is 26.2. The van der Waals surface area contributed by atoms with Gasteiger partial charge in [-0.2, -0.15) is 0 Å². The molecule has 7 nitrogen and oxygen atoms in total. The molecule has 1 aromatic rings. The normalized spacial score (nSPS) is 17.1. The third-order valence-electron chi connectivity index (χ3n) is 5.22. The van der Waals surface area contributed by atoms with Crippen molar-refractivity contribution in [3.05, 3.63) is 29.8 Å². The summed E-state index contributed by atoms with van der Waals surface area (Å²) in [6.45, 7) is 7.06. The lowest BCUT2D eigenvalue weighted by Gasteiger charge is -2.30. The van der Waals surface area contributed by atoms with Gasteiger partial charge in [0.1, 0.15) is 0 Å². The van der Waals surface area contributed by atoms with E-state index in [-0.39, 0.29) is 0 Å². The number of hydrogen-bond acceptors (Lipinski definition) is 4. The molecular weight excluding hydrogens is 374 g/mol. The van der Waals surface area contributed by atoms with Crippen molar-refractivity contribution in [3.63, 3.8) is 0 Å². The van der Waals surface area contributed by atoms with E-state index in [9.17, 15) is 8.42 Å². The summed E-state index contributed by atoms with van der Waals surface area (Å²) in [5, 5.41) is 6.55. The van der Waals surface area contributed by atoms with E-state index < -0.39 is 10.0 Å². The van der Waals surface area contributed by atoms with Gasteiger partial charge in [0, 0.05) is 34.2 Å². The first kappa shape index (κ1) is 22.6. The number of guanidine groups is 1. The summed E-state index contributed by atoms with van der Waals surface area (Å²) >= 11 is 0. The smallest absolute Gasteiger partial charge is 0.242 e. The van der Waals surface area contributed by atoms with Crippen molar-refractivity contribution in [1.29, 1.82) is 0 Å². The minimum absolute atomic E-state index is 0.322. The van der Waals surface area contributed by atoms with Crippen molar-refractivity contribution < 1.29 is 8.42 Å². The number of nitrogens with zero attached hydrogens (tertiary/aromatic N) is 3. The Morgan fingerprint density at radius 3 is 2.54 bits per heavy atom. The van der Waals surface area contributed by atoms with Crippen LogP contribution in [0.15, 0.2) is 34.2 Å². The van der Waals surface area contributed by atoms with E-state index >= 15 is 0 Å². The first-order valence-electron chi connectivity index (χ1n) is 10.0. The predicted octanol–water partition coefficient (Wildman–Crippen LogP) is 1.72. The molecule has 158 valence electrons. The van der Waals surface area contributed by atoms with Crippen molar-refractivity contribution in [2.75, 3.05) is 47.3 Å². The minimum atomic E-state index is -3.47. The van der Waals surface area contributed by atoms with Gasteiger partial charge in [0.25, 0.3) is 0 Å². The molecule has 1 aliphatic rings. The van der Waals surface area contributed by atoms with Gasteiger partial charge in [0.05, 0.1) is 4.90 Å². The van der Waals surface area contributed by atoms with E-state index in [1.807, 2.05) is 12.1 Å². The average molecular weight is 410 g/mol. The maximum Gasteiger partial charge on any atom is 0.242 e. The highest BCUT2D eigenvalue weighted by Crippen LogP contribution is 2.18. The molecule has 2 rings (SSSR count). The van der Waals surface area contributed by atoms with Crippen molar-refractivity contribution in [1.82, 2.24) is 19.8 Å². The topological polar surface area (TPSA) is 77.0 Å². The zero-order valence-electron chi connectivity index (χ0n) is 17.6. The van der Waals surface area contributed by atoms with Crippen molar-refractivity contribution in [2.24, 2.45) is 10.9 Å². The summed E-state index contributed by atoms with van der Waals surface area (Å²) in [6, 6.07) is 7.06. The van der Waals surface area contributed by atoms with E-state index in [4.69, 9.17) is 0 Å². The van der Waals surface area contributed by atoms with Crippen LogP contribution in [-0.4, -0.2) is 70.9 Å². The van der Waals surface area contributed by atoms with Gasteiger partial charge in [-0.25, -0.2) is 12.7 Å². The molecule has 1 aliphatic heterocycles. The molecule has 1 fully saturated rings. The van der Waals surface area contributed by atoms with E-state index in [1.54, 1.807) is 33.3 Å². The maximum absolute atomic E-state index is 12.5. The molecule has 0 unspecified atom stereocenters. The Kier molecular flexibility index (Phi) is 8.72. The van der Waals surface area contributed by atoms with Crippen LogP contribution >= 0.6 is 0 Å². The van der Waals surface area contributed by atoms with E-state index in [2.05, 4.69) is 27.4 Å². The predicted molar refractivity (Wildman–Crippen MR) is 115 cm³/mol. The number of likely N-dealkylation sites (tertiary alicyclic amines) is 1. The van der Waals surface area contributed by atoms with Crippen molar-refractivity contribution >= 4 is 16.0 Å². The molecule has 0 amide bonds. The molecule has 28 heavy (non-hydrogen) atoms. The lowest BCUT2D eigenvalue weighted by atomic mass is 9.99. The molecule has 0 aromatic heterocycles. The SMILES string of the molecule is CN=C(NCCCN1CCC(C)CC1)NCc1ccccc1S(=O)(=O)N(C)C. The number of benzene rings is 1. The van der Waals surface area contributed by atoms with Crippen LogP contribution in [0.2, 0.25) is 0 Å². The van der Waals surface area contributed by atoms with Crippen molar-refractivity contribution in [3.8, 4) is 0 Å². The second-order valence-electron chi connectivity index (χ2n) is 7.63. The van der Waals surface area contributed by atoms with E-state index in [1.165, 1.54) is 30.2 Å². The van der Waals surface area contributed by atoms with Gasteiger partial charge in [-0.05, 0) is 56.4 Å². The van der Waals surface area contributed by atoms with Crippen LogP contribution in [0.3, 0.4) is 0 Å². The standard InChI is InChI=1S/C20H35N5O2S/c1-17-10-14-25(15-11-17)13-7-12-22-20(21-2)23-16-18-8-5-6-9-19(18)28(26,27)24(3)4/h5-6,8-9,17H,7,10-16H2,1-4H3,(H2,21,22,23). The summed E-state index contributed by atoms with van der Waals surface area (Å²) in [5.41, 5.74) is 0.724. The molecule has 0 saturated carbocycles. The number of rotatable bonds is 8. The van der Waals surface area contributed by atoms with Gasteiger partial charge < -0.3 is 15.5 Å². The van der Waals surface area contributed by atoms with Gasteiger partial charge in [-0.1, -0.05) is 25.1 Å². The zero-order chi connectivity index (χ0) is 20.6. The van der Waals surface area contributed by atoms with Crippen molar-refractivity contribution in [2.45, 2.75) is 37.6 Å². The van der Waals surface area contributed by atoms with Crippen LogP contribution in [0, 0.1) is 5.92 Å². The number of sulfonamides is 1. The van der Waals surface area contributed by atoms with Gasteiger partial charge >= 0.3 is 0 Å². The third kappa shape index (κ3) is 6.46. The molecule has 0 bridgehead atoms. The van der Waals surface area contributed by atoms with Crippen LogP contribution in [0.1, 0.15) is 31.7 Å². The number of piperidine rings is 1. The number of aliphatic imine (C=N–C) groups is 1. The molecule has 2 N–H and O–H groups in total. The number of hydrogen-bond donors (Lipinski definition) is 2. The molecule has 1 heterocycles. The zero-order valence-corrected chi connectivity index (χ0v) is 18.4. The Bertz CT molecular complexity index is 741. The fourth-order valence-corrected chi connectivity index (χ4v) is 4.41. The van der Waals surface area contributed by atoms with Crippen LogP contribution < -0.4 is 10.6 Å². The second kappa shape index (κ2) is 10.8. The van der Waals surface area contributed by atoms with Crippen LogP contribution in [0.25, 0.3) is 0 Å². The lowest BCUT2D eigenvalue weighted by molar-refractivity contribution is 0.191. The second-order valence-corrected chi connectivity index (χ2v) is 9.75. The Hall–Kier alpha value is -1.64. The van der Waals surface area contributed by atoms with E-state index in [0.717, 1.165) is 31.0 Å². The highest BCUT2D eigenvalue weighted by atomic mass is 32.2. The molecular formula is C20H35N5O2S. The molecule has 0 spiro atoms. The first-order valence-corrected chi connectivity index (χ1v) is 11.5. The Morgan fingerprint density at radius 1 is 1.21 bits per heavy atom. The Balaban J connectivity index is 1.81. The fraction of sp³-hybridized carbons (Fsp3) is 0.650. The highest BCUT2D eigenvalue weighted by Gasteiger charge is 2.20. The molecule has 0 atom stereocenters. The highest BCUT2D eigenvalue weighted by molar-refractivity contribution is 7.89. The van der Waals surface area contributed by atoms with Crippen LogP contribution in [0.5, 0.6) is 0 Å². The summed E-state index contributed by atoms with van der Waals surface area (Å²) in [4.78, 5) is 7.09. The molecule has 8 heteroatoms. The molecule has 0 radical (unpaired) electrons. The maximum atomic E-state index is 12.5. The van der Waals surface area contributed by atoms with E-state index in [0.29, 0.717) is 17.4 Å². The van der Waals surface area contributed by atoms with Crippen LogP contribution in [-0.2, 0) is 16.6 Å². The summed E-state index contributed by atoms with van der Waals surface area (Å²) in [6.07, 6.45) is 3.65. The van der Waals surface area contributed by atoms with Gasteiger partial charge in [-0.15, -0.1) is 0 Å². The molecule has 1 saturated heterocycles. The van der Waals surface area contributed by atoms with Crippen LogP contribution in [0.4, 0.5) is 0 Å². The quantitative estimate of drug-likeness (QED) is 0.388. The first-order chi connectivity index (χ1) is 13.3. The molecule has 1 aromatic carbocycles. The Morgan fingerprint density at radius 2 is 1.89 bits per heavy atom. The van der Waals surface area contributed by atoms with Gasteiger partial charge in [0.15, 0.2) is 5.96 Å². The summed E-state index contributed by atoms with van der Waals surface area (Å²) in [7, 11) is 1.34. The minimum Gasteiger partial charge on any atom is -0.356 e. The Labute approximate surface area is 170 Å². The lowest BCUT2D eigenvalue weighted by Crippen LogP contribution is -2.39. The monoisotopic (exact) mass is 409 g/mol. The fourth-order valence-electron chi connectivity index (χ4n) is 3.29.